The molecule has 0 atom stereocenters. The Hall–Kier alpha value is -1.88. The molecule has 19 heavy (non-hydrogen) atoms. The molecule has 0 unspecified atom stereocenters. The summed E-state index contributed by atoms with van der Waals surface area (Å²) in [6.45, 7) is 3.41. The number of hydrogen-bond donors (Lipinski definition) is 2. The van der Waals surface area contributed by atoms with Crippen LogP contribution in [0.15, 0.2) is 29.4 Å². The molecular formula is C13H16ClN3O2. The molecule has 5 nitrogen and oxygen atoms in total. The fourth-order valence-electron chi connectivity index (χ4n) is 1.25. The van der Waals surface area contributed by atoms with Gasteiger partial charge in [0.05, 0.1) is 6.42 Å². The second-order valence-electron chi connectivity index (χ2n) is 3.97. The van der Waals surface area contributed by atoms with Gasteiger partial charge in [0.1, 0.15) is 0 Å². The SMILES string of the molecule is CCC(=O)N/N=C(/C)CC(=O)Nc1ccc(Cl)cc1. The van der Waals surface area contributed by atoms with Crippen molar-refractivity contribution >= 4 is 34.8 Å². The molecule has 0 aromatic heterocycles. The second kappa shape index (κ2) is 7.53. The number of amides is 2. The fraction of sp³-hybridized carbons (Fsp3) is 0.308. The van der Waals surface area contributed by atoms with E-state index < -0.39 is 0 Å². The Labute approximate surface area is 117 Å². The summed E-state index contributed by atoms with van der Waals surface area (Å²) < 4.78 is 0. The number of halogens is 1. The van der Waals surface area contributed by atoms with Crippen molar-refractivity contribution in [1.29, 1.82) is 0 Å². The Kier molecular flexibility index (Phi) is 6.02. The molecule has 2 N–H and O–H groups in total. The third kappa shape index (κ3) is 6.01. The summed E-state index contributed by atoms with van der Waals surface area (Å²) in [6, 6.07) is 6.82. The molecule has 0 bridgehead atoms. The Morgan fingerprint density at radius 1 is 1.21 bits per heavy atom. The van der Waals surface area contributed by atoms with Crippen LogP contribution < -0.4 is 10.7 Å². The zero-order chi connectivity index (χ0) is 14.3. The van der Waals surface area contributed by atoms with E-state index in [9.17, 15) is 9.59 Å². The molecule has 102 valence electrons. The average Bonchev–Trinajstić information content (AvgIpc) is 2.38. The highest BCUT2D eigenvalue weighted by atomic mass is 35.5. The van der Waals surface area contributed by atoms with Gasteiger partial charge < -0.3 is 5.32 Å². The molecule has 0 fully saturated rings. The Bertz CT molecular complexity index is 483. The van der Waals surface area contributed by atoms with E-state index in [0.717, 1.165) is 0 Å². The molecule has 0 aliphatic carbocycles. The number of carbonyl (C=O) groups excluding carboxylic acids is 2. The van der Waals surface area contributed by atoms with Crippen LogP contribution in [0.25, 0.3) is 0 Å². The first-order chi connectivity index (χ1) is 9.01. The summed E-state index contributed by atoms with van der Waals surface area (Å²) in [5, 5.41) is 7.15. The maximum Gasteiger partial charge on any atom is 0.239 e. The third-order valence-corrected chi connectivity index (χ3v) is 2.49. The quantitative estimate of drug-likeness (QED) is 0.643. The molecule has 0 heterocycles. The summed E-state index contributed by atoms with van der Waals surface area (Å²) in [4.78, 5) is 22.7. The van der Waals surface area contributed by atoms with Crippen LogP contribution in [-0.4, -0.2) is 17.5 Å². The molecule has 0 aliphatic heterocycles. The molecule has 0 spiro atoms. The van der Waals surface area contributed by atoms with Crippen molar-refractivity contribution in [3.63, 3.8) is 0 Å². The lowest BCUT2D eigenvalue weighted by Crippen LogP contribution is -2.20. The minimum absolute atomic E-state index is 0.118. The molecule has 2 amide bonds. The van der Waals surface area contributed by atoms with Crippen LogP contribution in [0.2, 0.25) is 5.02 Å². The van der Waals surface area contributed by atoms with Gasteiger partial charge in [-0.3, -0.25) is 9.59 Å². The van der Waals surface area contributed by atoms with E-state index in [4.69, 9.17) is 11.6 Å². The number of nitrogens with one attached hydrogen (secondary N) is 2. The van der Waals surface area contributed by atoms with Crippen molar-refractivity contribution in [3.8, 4) is 0 Å². The smallest absolute Gasteiger partial charge is 0.239 e. The Morgan fingerprint density at radius 2 is 1.84 bits per heavy atom. The van der Waals surface area contributed by atoms with E-state index in [1.54, 1.807) is 38.1 Å². The summed E-state index contributed by atoms with van der Waals surface area (Å²) >= 11 is 5.75. The minimum Gasteiger partial charge on any atom is -0.326 e. The van der Waals surface area contributed by atoms with E-state index >= 15 is 0 Å². The monoisotopic (exact) mass is 281 g/mol. The second-order valence-corrected chi connectivity index (χ2v) is 4.40. The van der Waals surface area contributed by atoms with Gasteiger partial charge in [-0.05, 0) is 31.2 Å². The molecule has 0 saturated heterocycles. The zero-order valence-electron chi connectivity index (χ0n) is 10.9. The Balaban J connectivity index is 2.46. The predicted molar refractivity (Wildman–Crippen MR) is 76.2 cm³/mol. The standard InChI is InChI=1S/C13H16ClN3O2/c1-3-12(18)17-16-9(2)8-13(19)15-11-6-4-10(14)5-7-11/h4-7H,3,8H2,1-2H3,(H,15,19)(H,17,18)/b16-9-. The van der Waals surface area contributed by atoms with Gasteiger partial charge in [-0.1, -0.05) is 18.5 Å². The van der Waals surface area contributed by atoms with Crippen LogP contribution in [0.4, 0.5) is 5.69 Å². The maximum atomic E-state index is 11.7. The van der Waals surface area contributed by atoms with Gasteiger partial charge in [-0.25, -0.2) is 5.43 Å². The summed E-state index contributed by atoms with van der Waals surface area (Å²) in [5.74, 6) is -0.383. The topological polar surface area (TPSA) is 70.6 Å². The number of hydrazone groups is 1. The number of carbonyl (C=O) groups is 2. The van der Waals surface area contributed by atoms with Crippen molar-refractivity contribution in [1.82, 2.24) is 5.43 Å². The van der Waals surface area contributed by atoms with Crippen LogP contribution in [0.3, 0.4) is 0 Å². The van der Waals surface area contributed by atoms with E-state index in [1.807, 2.05) is 0 Å². The van der Waals surface area contributed by atoms with Crippen LogP contribution in [0.1, 0.15) is 26.7 Å². The summed E-state index contributed by atoms with van der Waals surface area (Å²) in [5.41, 5.74) is 3.56. The van der Waals surface area contributed by atoms with Gasteiger partial charge in [0.25, 0.3) is 0 Å². The van der Waals surface area contributed by atoms with E-state index in [-0.39, 0.29) is 18.2 Å². The number of nitrogens with zero attached hydrogens (tertiary/aromatic N) is 1. The van der Waals surface area contributed by atoms with Crippen molar-refractivity contribution in [2.45, 2.75) is 26.7 Å². The molecule has 1 aromatic carbocycles. The number of hydrogen-bond acceptors (Lipinski definition) is 3. The van der Waals surface area contributed by atoms with Gasteiger partial charge in [0.15, 0.2) is 0 Å². The summed E-state index contributed by atoms with van der Waals surface area (Å²) in [7, 11) is 0. The molecule has 6 heteroatoms. The molecular weight excluding hydrogens is 266 g/mol. The Morgan fingerprint density at radius 3 is 2.42 bits per heavy atom. The maximum absolute atomic E-state index is 11.7. The lowest BCUT2D eigenvalue weighted by Gasteiger charge is -2.05. The van der Waals surface area contributed by atoms with Gasteiger partial charge in [-0.2, -0.15) is 5.10 Å². The highest BCUT2D eigenvalue weighted by Crippen LogP contribution is 2.13. The van der Waals surface area contributed by atoms with Crippen molar-refractivity contribution in [3.05, 3.63) is 29.3 Å². The van der Waals surface area contributed by atoms with Crippen LogP contribution >= 0.6 is 11.6 Å². The van der Waals surface area contributed by atoms with Crippen LogP contribution in [0.5, 0.6) is 0 Å². The van der Waals surface area contributed by atoms with Crippen molar-refractivity contribution in [2.75, 3.05) is 5.32 Å². The number of benzene rings is 1. The first-order valence-electron chi connectivity index (χ1n) is 5.88. The van der Waals surface area contributed by atoms with Crippen molar-refractivity contribution in [2.24, 2.45) is 5.10 Å². The third-order valence-electron chi connectivity index (χ3n) is 2.24. The van der Waals surface area contributed by atoms with Crippen molar-refractivity contribution < 1.29 is 9.59 Å². The van der Waals surface area contributed by atoms with E-state index in [0.29, 0.717) is 22.8 Å². The first-order valence-corrected chi connectivity index (χ1v) is 6.26. The van der Waals surface area contributed by atoms with Gasteiger partial charge in [0, 0.05) is 22.8 Å². The van der Waals surface area contributed by atoms with Gasteiger partial charge >= 0.3 is 0 Å². The van der Waals surface area contributed by atoms with Crippen LogP contribution in [-0.2, 0) is 9.59 Å². The van der Waals surface area contributed by atoms with Crippen LogP contribution in [0, 0.1) is 0 Å². The van der Waals surface area contributed by atoms with E-state index in [2.05, 4.69) is 15.8 Å². The number of rotatable bonds is 5. The largest absolute Gasteiger partial charge is 0.326 e. The molecule has 0 aliphatic rings. The van der Waals surface area contributed by atoms with E-state index in [1.165, 1.54) is 0 Å². The molecule has 0 saturated carbocycles. The highest BCUT2D eigenvalue weighted by molar-refractivity contribution is 6.30. The normalized spacial score (nSPS) is 11.0. The first kappa shape index (κ1) is 15.2. The fourth-order valence-corrected chi connectivity index (χ4v) is 1.37. The lowest BCUT2D eigenvalue weighted by molar-refractivity contribution is -0.121. The molecule has 1 rings (SSSR count). The zero-order valence-corrected chi connectivity index (χ0v) is 11.6. The molecule has 1 aromatic rings. The lowest BCUT2D eigenvalue weighted by atomic mass is 10.2. The summed E-state index contributed by atoms with van der Waals surface area (Å²) in [6.07, 6.45) is 0.473. The molecule has 0 radical (unpaired) electrons. The predicted octanol–water partition coefficient (Wildman–Crippen LogP) is 2.57. The highest BCUT2D eigenvalue weighted by Gasteiger charge is 2.05. The van der Waals surface area contributed by atoms with Gasteiger partial charge in [-0.15, -0.1) is 0 Å². The van der Waals surface area contributed by atoms with Gasteiger partial charge in [0.2, 0.25) is 11.8 Å². The average molecular weight is 282 g/mol. The minimum atomic E-state index is -0.200. The number of anilines is 1.